The van der Waals surface area contributed by atoms with Crippen LogP contribution in [0.3, 0.4) is 0 Å². The summed E-state index contributed by atoms with van der Waals surface area (Å²) in [6, 6.07) is 0. The molecule has 0 rings (SSSR count). The minimum atomic E-state index is -3.80. The fourth-order valence-corrected chi connectivity index (χ4v) is 0.447. The summed E-state index contributed by atoms with van der Waals surface area (Å²) in [6.45, 7) is -0.0289. The third-order valence-electron chi connectivity index (χ3n) is 0.376. The third kappa shape index (κ3) is 17.7. The van der Waals surface area contributed by atoms with Crippen LogP contribution in [-0.4, -0.2) is 25.3 Å². The van der Waals surface area contributed by atoms with Crippen LogP contribution in [0.5, 0.6) is 0 Å². The fraction of sp³-hybridized carbons (Fsp3) is 0.667. The summed E-state index contributed by atoms with van der Waals surface area (Å²) in [7, 11) is -3.80. The quantitative estimate of drug-likeness (QED) is 0.354. The Balaban J connectivity index is -0.000000180. The molecule has 6 heteroatoms. The van der Waals surface area contributed by atoms with Crippen LogP contribution in [0.15, 0.2) is 0 Å². The normalized spacial score (nSPS) is 9.11. The van der Waals surface area contributed by atoms with Gasteiger partial charge in [-0.1, -0.05) is 0 Å². The van der Waals surface area contributed by atoms with E-state index in [0.29, 0.717) is 0 Å². The molecule has 0 aliphatic rings. The van der Waals surface area contributed by atoms with E-state index in [9.17, 15) is 8.42 Å². The van der Waals surface area contributed by atoms with Gasteiger partial charge in [0.05, 0.1) is 5.75 Å². The van der Waals surface area contributed by atoms with Crippen molar-refractivity contribution >= 4 is 10.1 Å². The second-order valence-corrected chi connectivity index (χ2v) is 2.65. The minimum absolute atomic E-state index is 0. The predicted molar refractivity (Wildman–Crippen MR) is 31.9 cm³/mol. The molecule has 0 bridgehead atoms. The van der Waals surface area contributed by atoms with Crippen LogP contribution in [0.2, 0.25) is 0 Å². The third-order valence-corrected chi connectivity index (χ3v) is 1.13. The number of hydrogen-bond acceptors (Lipinski definition) is 3. The molecule has 9 heavy (non-hydrogen) atoms. The minimum Gasteiger partial charge on any atom is -0.358 e. The standard InChI is InChI=1S/C2H7NO3S.CH3.Zn/c3-1-2-7(4,5)6;;/h1-3H2,(H,4,5,6);1H3;/q;-1;. The van der Waals surface area contributed by atoms with Crippen LogP contribution in [0, 0.1) is 7.43 Å². The zero-order valence-electron chi connectivity index (χ0n) is 5.37. The van der Waals surface area contributed by atoms with Crippen molar-refractivity contribution in [2.45, 2.75) is 0 Å². The summed E-state index contributed by atoms with van der Waals surface area (Å²) < 4.78 is 27.3. The summed E-state index contributed by atoms with van der Waals surface area (Å²) in [4.78, 5) is 0. The molecule has 3 N–H and O–H groups in total. The molecule has 0 heterocycles. The second-order valence-electron chi connectivity index (χ2n) is 1.07. The SMILES string of the molecule is NCCS(=O)(=O)O.[CH3-].[Zn]. The van der Waals surface area contributed by atoms with Crippen molar-refractivity contribution in [3.63, 3.8) is 0 Å². The van der Waals surface area contributed by atoms with Gasteiger partial charge in [0.2, 0.25) is 0 Å². The Bertz CT molecular complexity index is 132. The first-order valence-electron chi connectivity index (χ1n) is 1.71. The van der Waals surface area contributed by atoms with Crippen molar-refractivity contribution in [2.75, 3.05) is 12.3 Å². The Morgan fingerprint density at radius 1 is 1.44 bits per heavy atom. The Hall–Kier alpha value is 0.493. The molecule has 0 radical (unpaired) electrons. The average Bonchev–Trinajstić information content (AvgIpc) is 1.30. The molecule has 0 spiro atoms. The zero-order valence-corrected chi connectivity index (χ0v) is 9.15. The zero-order chi connectivity index (χ0) is 5.91. The molecule has 0 atom stereocenters. The summed E-state index contributed by atoms with van der Waals surface area (Å²) in [5.74, 6) is -0.354. The predicted octanol–water partition coefficient (Wildman–Crippen LogP) is -0.719. The van der Waals surface area contributed by atoms with Crippen LogP contribution in [-0.2, 0) is 29.6 Å². The van der Waals surface area contributed by atoms with Gasteiger partial charge < -0.3 is 13.2 Å². The Morgan fingerprint density at radius 2 is 1.78 bits per heavy atom. The Morgan fingerprint density at radius 3 is 1.78 bits per heavy atom. The van der Waals surface area contributed by atoms with Gasteiger partial charge in [0.1, 0.15) is 0 Å². The first-order chi connectivity index (χ1) is 3.06. The maximum Gasteiger partial charge on any atom is 0.266 e. The number of rotatable bonds is 2. The molecule has 0 fully saturated rings. The molecule has 54 valence electrons. The van der Waals surface area contributed by atoms with Crippen LogP contribution < -0.4 is 5.73 Å². The molecule has 0 aliphatic heterocycles. The number of hydrogen-bond donors (Lipinski definition) is 2. The molecule has 0 aromatic carbocycles. The first kappa shape index (κ1) is 16.2. The second kappa shape index (κ2) is 6.61. The molecule has 0 aliphatic carbocycles. The molecule has 0 amide bonds. The first-order valence-corrected chi connectivity index (χ1v) is 3.32. The van der Waals surface area contributed by atoms with Crippen molar-refractivity contribution in [1.82, 2.24) is 0 Å². The summed E-state index contributed by atoms with van der Waals surface area (Å²) in [5.41, 5.74) is 4.78. The van der Waals surface area contributed by atoms with Gasteiger partial charge in [0.15, 0.2) is 0 Å². The topological polar surface area (TPSA) is 80.4 Å². The van der Waals surface area contributed by atoms with Crippen molar-refractivity contribution in [3.8, 4) is 0 Å². The van der Waals surface area contributed by atoms with E-state index in [1.54, 1.807) is 0 Å². The van der Waals surface area contributed by atoms with Gasteiger partial charge in [0.25, 0.3) is 10.1 Å². The smallest absolute Gasteiger partial charge is 0.266 e. The Kier molecular flexibility index (Phi) is 11.9. The van der Waals surface area contributed by atoms with Crippen LogP contribution in [0.1, 0.15) is 0 Å². The maximum atomic E-state index is 9.71. The van der Waals surface area contributed by atoms with Gasteiger partial charge in [0, 0.05) is 26.0 Å². The fourth-order valence-electron chi connectivity index (χ4n) is 0.149. The number of nitrogens with two attached hydrogens (primary N) is 1. The molecule has 0 aromatic rings. The molecule has 0 saturated heterocycles. The van der Waals surface area contributed by atoms with Gasteiger partial charge in [-0.2, -0.15) is 8.42 Å². The molecule has 4 nitrogen and oxygen atoms in total. The van der Waals surface area contributed by atoms with Gasteiger partial charge in [-0.15, -0.1) is 0 Å². The van der Waals surface area contributed by atoms with Crippen molar-refractivity contribution in [3.05, 3.63) is 7.43 Å². The molecule has 0 unspecified atom stereocenters. The van der Waals surface area contributed by atoms with Gasteiger partial charge >= 0.3 is 0 Å². The molecule has 0 saturated carbocycles. The molecule has 0 aromatic heterocycles. The van der Waals surface area contributed by atoms with E-state index in [1.807, 2.05) is 0 Å². The van der Waals surface area contributed by atoms with Crippen LogP contribution >= 0.6 is 0 Å². The van der Waals surface area contributed by atoms with Crippen LogP contribution in [0.4, 0.5) is 0 Å². The summed E-state index contributed by atoms with van der Waals surface area (Å²) in [6.07, 6.45) is 0. The van der Waals surface area contributed by atoms with Crippen molar-refractivity contribution < 1.29 is 32.4 Å². The molecular formula is C3H10NO3SZn-. The van der Waals surface area contributed by atoms with E-state index >= 15 is 0 Å². The van der Waals surface area contributed by atoms with Crippen molar-refractivity contribution in [1.29, 1.82) is 0 Å². The van der Waals surface area contributed by atoms with E-state index in [1.165, 1.54) is 0 Å². The van der Waals surface area contributed by atoms with Crippen molar-refractivity contribution in [2.24, 2.45) is 5.73 Å². The van der Waals surface area contributed by atoms with Gasteiger partial charge in [-0.25, -0.2) is 0 Å². The average molecular weight is 206 g/mol. The van der Waals surface area contributed by atoms with E-state index < -0.39 is 10.1 Å². The van der Waals surface area contributed by atoms with E-state index in [-0.39, 0.29) is 39.2 Å². The Labute approximate surface area is 68.3 Å². The van der Waals surface area contributed by atoms with Gasteiger partial charge in [-0.05, 0) is 0 Å². The molecular weight excluding hydrogens is 195 g/mol. The summed E-state index contributed by atoms with van der Waals surface area (Å²) >= 11 is 0. The monoisotopic (exact) mass is 204 g/mol. The van der Waals surface area contributed by atoms with E-state index in [4.69, 9.17) is 10.3 Å². The van der Waals surface area contributed by atoms with E-state index in [0.717, 1.165) is 0 Å². The van der Waals surface area contributed by atoms with Gasteiger partial charge in [-0.3, -0.25) is 4.55 Å². The van der Waals surface area contributed by atoms with Crippen LogP contribution in [0.25, 0.3) is 0 Å². The largest absolute Gasteiger partial charge is 0.358 e. The maximum absolute atomic E-state index is 9.71. The summed E-state index contributed by atoms with van der Waals surface area (Å²) in [5, 5.41) is 0. The van der Waals surface area contributed by atoms with E-state index in [2.05, 4.69) is 0 Å².